The largest absolute Gasteiger partial charge is 0.438 e. The van der Waals surface area contributed by atoms with Crippen LogP contribution in [0.4, 0.5) is 0 Å². The lowest BCUT2D eigenvalue weighted by molar-refractivity contribution is -0.127. The number of fused-ring (bicyclic) bond motifs is 1. The van der Waals surface area contributed by atoms with Crippen molar-refractivity contribution in [2.75, 3.05) is 13.1 Å². The van der Waals surface area contributed by atoms with Crippen LogP contribution in [0.25, 0.3) is 11.7 Å². The Balaban J connectivity index is 1.86. The summed E-state index contributed by atoms with van der Waals surface area (Å²) >= 11 is 6.12. The van der Waals surface area contributed by atoms with Gasteiger partial charge in [0.1, 0.15) is 28.6 Å². The van der Waals surface area contributed by atoms with Crippen LogP contribution in [0.1, 0.15) is 36.0 Å². The number of likely N-dealkylation sites (tertiary alicyclic amines) is 1. The highest BCUT2D eigenvalue weighted by atomic mass is 35.5. The fraction of sp³-hybridized carbons (Fsp3) is 0.280. The van der Waals surface area contributed by atoms with Crippen molar-refractivity contribution in [1.29, 1.82) is 5.26 Å². The van der Waals surface area contributed by atoms with Gasteiger partial charge in [-0.05, 0) is 74.6 Å². The van der Waals surface area contributed by atoms with E-state index in [2.05, 4.69) is 4.98 Å². The number of halogens is 1. The Labute approximate surface area is 196 Å². The average molecular weight is 463 g/mol. The summed E-state index contributed by atoms with van der Waals surface area (Å²) in [5.41, 5.74) is 1.50. The van der Waals surface area contributed by atoms with Crippen molar-refractivity contribution >= 4 is 29.2 Å². The number of hydrogen-bond donors (Lipinski definition) is 0. The highest BCUT2D eigenvalue weighted by Gasteiger charge is 2.23. The Morgan fingerprint density at radius 1 is 1.18 bits per heavy atom. The van der Waals surface area contributed by atoms with E-state index in [9.17, 15) is 14.9 Å². The van der Waals surface area contributed by atoms with E-state index in [-0.39, 0.29) is 22.9 Å². The Morgan fingerprint density at radius 2 is 1.94 bits per heavy atom. The van der Waals surface area contributed by atoms with Crippen molar-refractivity contribution in [1.82, 2.24) is 14.3 Å². The molecular formula is C25H23ClN4O3. The van der Waals surface area contributed by atoms with Gasteiger partial charge < -0.3 is 9.64 Å². The van der Waals surface area contributed by atoms with Gasteiger partial charge in [-0.25, -0.2) is 0 Å². The second-order valence-corrected chi connectivity index (χ2v) is 8.46. The number of nitriles is 1. The number of ether oxygens (including phenoxy) is 1. The van der Waals surface area contributed by atoms with E-state index in [0.29, 0.717) is 29.5 Å². The Morgan fingerprint density at radius 3 is 2.64 bits per heavy atom. The zero-order chi connectivity index (χ0) is 23.5. The third-order valence-electron chi connectivity index (χ3n) is 5.68. The van der Waals surface area contributed by atoms with Crippen LogP contribution in [0.15, 0.2) is 46.9 Å². The predicted octanol–water partition coefficient (Wildman–Crippen LogP) is 4.68. The standard InChI is InChI=1S/C25H23ClN4O3/c1-16-7-6-12-30-22(16)28-23(33-19-8-9-21(26)17(2)13-19)20(25(30)32)14-18(15-27)24(31)29-10-4-3-5-11-29/h6-9,12-14H,3-5,10-11H2,1-2H3. The van der Waals surface area contributed by atoms with Crippen LogP contribution in [-0.4, -0.2) is 33.3 Å². The number of carbonyl (C=O) groups is 1. The van der Waals surface area contributed by atoms with Crippen LogP contribution in [0.3, 0.4) is 0 Å². The minimum Gasteiger partial charge on any atom is -0.438 e. The summed E-state index contributed by atoms with van der Waals surface area (Å²) in [5, 5.41) is 10.3. The molecule has 1 fully saturated rings. The van der Waals surface area contributed by atoms with Gasteiger partial charge in [-0.3, -0.25) is 14.0 Å². The van der Waals surface area contributed by atoms with Gasteiger partial charge >= 0.3 is 0 Å². The lowest BCUT2D eigenvalue weighted by atomic mass is 10.1. The van der Waals surface area contributed by atoms with Gasteiger partial charge in [-0.2, -0.15) is 10.2 Å². The van der Waals surface area contributed by atoms with Gasteiger partial charge in [0, 0.05) is 24.3 Å². The van der Waals surface area contributed by atoms with Gasteiger partial charge in [-0.1, -0.05) is 17.7 Å². The van der Waals surface area contributed by atoms with Crippen LogP contribution in [0.5, 0.6) is 11.6 Å². The Bertz CT molecular complexity index is 1360. The number of carbonyl (C=O) groups excluding carboxylic acids is 1. The number of aromatic nitrogens is 2. The highest BCUT2D eigenvalue weighted by molar-refractivity contribution is 6.31. The van der Waals surface area contributed by atoms with Crippen molar-refractivity contribution in [3.05, 3.63) is 74.2 Å². The van der Waals surface area contributed by atoms with Crippen LogP contribution >= 0.6 is 11.6 Å². The summed E-state index contributed by atoms with van der Waals surface area (Å²) in [4.78, 5) is 32.6. The van der Waals surface area contributed by atoms with Crippen molar-refractivity contribution in [2.45, 2.75) is 33.1 Å². The first-order valence-corrected chi connectivity index (χ1v) is 11.1. The van der Waals surface area contributed by atoms with E-state index in [1.54, 1.807) is 35.4 Å². The molecule has 7 nitrogen and oxygen atoms in total. The van der Waals surface area contributed by atoms with E-state index < -0.39 is 5.56 Å². The van der Waals surface area contributed by atoms with Gasteiger partial charge in [0.15, 0.2) is 0 Å². The molecule has 0 saturated carbocycles. The monoisotopic (exact) mass is 462 g/mol. The molecular weight excluding hydrogens is 440 g/mol. The van der Waals surface area contributed by atoms with Gasteiger partial charge in [0.25, 0.3) is 11.5 Å². The first-order valence-electron chi connectivity index (χ1n) is 10.8. The Hall–Kier alpha value is -3.63. The molecule has 0 aliphatic carbocycles. The molecule has 0 atom stereocenters. The number of aryl methyl sites for hydroxylation is 2. The zero-order valence-corrected chi connectivity index (χ0v) is 19.2. The van der Waals surface area contributed by atoms with Crippen molar-refractivity contribution in [3.63, 3.8) is 0 Å². The summed E-state index contributed by atoms with van der Waals surface area (Å²) in [6, 6.07) is 10.7. The highest BCUT2D eigenvalue weighted by Crippen LogP contribution is 2.28. The minimum absolute atomic E-state index is 0.0233. The number of hydrogen-bond acceptors (Lipinski definition) is 5. The fourth-order valence-corrected chi connectivity index (χ4v) is 3.96. The van der Waals surface area contributed by atoms with E-state index in [1.165, 1.54) is 10.5 Å². The van der Waals surface area contributed by atoms with E-state index in [4.69, 9.17) is 16.3 Å². The van der Waals surface area contributed by atoms with E-state index in [1.807, 2.05) is 26.0 Å². The lowest BCUT2D eigenvalue weighted by Gasteiger charge is -2.26. The van der Waals surface area contributed by atoms with Crippen LogP contribution < -0.4 is 10.3 Å². The maximum Gasteiger partial charge on any atom is 0.269 e. The summed E-state index contributed by atoms with van der Waals surface area (Å²) in [7, 11) is 0. The first-order chi connectivity index (χ1) is 15.9. The molecule has 3 aromatic rings. The van der Waals surface area contributed by atoms with Crippen molar-refractivity contribution < 1.29 is 9.53 Å². The zero-order valence-electron chi connectivity index (χ0n) is 18.5. The molecule has 8 heteroatoms. The van der Waals surface area contributed by atoms with Crippen LogP contribution in [0, 0.1) is 25.2 Å². The molecule has 0 N–H and O–H groups in total. The third-order valence-corrected chi connectivity index (χ3v) is 6.10. The predicted molar refractivity (Wildman–Crippen MR) is 126 cm³/mol. The molecule has 33 heavy (non-hydrogen) atoms. The molecule has 1 aliphatic heterocycles. The number of piperidine rings is 1. The number of rotatable bonds is 4. The summed E-state index contributed by atoms with van der Waals surface area (Å²) in [6.45, 7) is 4.88. The Kier molecular flexibility index (Phi) is 6.47. The summed E-state index contributed by atoms with van der Waals surface area (Å²) < 4.78 is 7.39. The van der Waals surface area contributed by atoms with Crippen molar-refractivity contribution in [3.8, 4) is 17.7 Å². The van der Waals surface area contributed by atoms with Gasteiger partial charge in [-0.15, -0.1) is 0 Å². The molecule has 1 saturated heterocycles. The second kappa shape index (κ2) is 9.47. The van der Waals surface area contributed by atoms with E-state index in [0.717, 1.165) is 30.4 Å². The molecule has 4 rings (SSSR count). The first kappa shape index (κ1) is 22.6. The number of benzene rings is 1. The summed E-state index contributed by atoms with van der Waals surface area (Å²) in [6.07, 6.45) is 5.74. The quantitative estimate of drug-likeness (QED) is 0.415. The fourth-order valence-electron chi connectivity index (χ4n) is 3.84. The van der Waals surface area contributed by atoms with Crippen LogP contribution in [-0.2, 0) is 4.79 Å². The molecule has 0 bridgehead atoms. The summed E-state index contributed by atoms with van der Waals surface area (Å²) in [5.74, 6) is 0.0756. The lowest BCUT2D eigenvalue weighted by Crippen LogP contribution is -2.36. The van der Waals surface area contributed by atoms with Gasteiger partial charge in [0.05, 0.1) is 0 Å². The maximum absolute atomic E-state index is 13.4. The molecule has 0 spiro atoms. The molecule has 0 unspecified atom stereocenters. The smallest absolute Gasteiger partial charge is 0.269 e. The second-order valence-electron chi connectivity index (χ2n) is 8.06. The molecule has 1 amide bonds. The normalized spacial score (nSPS) is 14.2. The van der Waals surface area contributed by atoms with Crippen molar-refractivity contribution in [2.24, 2.45) is 0 Å². The maximum atomic E-state index is 13.4. The topological polar surface area (TPSA) is 87.7 Å². The minimum atomic E-state index is -0.427. The van der Waals surface area contributed by atoms with Crippen LogP contribution in [0.2, 0.25) is 5.02 Å². The molecule has 0 radical (unpaired) electrons. The third kappa shape index (κ3) is 4.62. The van der Waals surface area contributed by atoms with E-state index >= 15 is 0 Å². The SMILES string of the molecule is Cc1cc(Oc2nc3c(C)cccn3c(=O)c2C=C(C#N)C(=O)N2CCCCC2)ccc1Cl. The molecule has 3 heterocycles. The number of pyridine rings is 1. The average Bonchev–Trinajstić information content (AvgIpc) is 2.82. The van der Waals surface area contributed by atoms with Gasteiger partial charge in [0.2, 0.25) is 5.88 Å². The molecule has 2 aromatic heterocycles. The number of nitrogens with zero attached hydrogens (tertiary/aromatic N) is 4. The molecule has 168 valence electrons. The molecule has 1 aliphatic rings. The number of amides is 1. The molecule has 1 aromatic carbocycles.